The third-order valence-corrected chi connectivity index (χ3v) is 4.37. The lowest BCUT2D eigenvalue weighted by Crippen LogP contribution is -2.41. The molecule has 2 aromatic carbocycles. The summed E-state index contributed by atoms with van der Waals surface area (Å²) in [6.45, 7) is 4.75. The average molecular weight is 542 g/mol. The zero-order valence-corrected chi connectivity index (χ0v) is 21.4. The van der Waals surface area contributed by atoms with Crippen molar-refractivity contribution >= 4 is 29.9 Å². The highest BCUT2D eigenvalue weighted by atomic mass is 127. The summed E-state index contributed by atoms with van der Waals surface area (Å²) in [7, 11) is 7.46. The maximum atomic E-state index is 5.95. The van der Waals surface area contributed by atoms with Gasteiger partial charge in [0.25, 0.3) is 0 Å². The number of methoxy groups -OCH3 is 1. The van der Waals surface area contributed by atoms with Crippen molar-refractivity contribution in [3.8, 4) is 17.2 Å². The lowest BCUT2D eigenvalue weighted by atomic mass is 10.2. The molecule has 0 aromatic heterocycles. The van der Waals surface area contributed by atoms with Crippen molar-refractivity contribution in [2.45, 2.75) is 19.6 Å². The minimum Gasteiger partial charge on any atom is -0.497 e. The quantitative estimate of drug-likeness (QED) is 0.258. The molecule has 0 radical (unpaired) electrons. The molecule has 0 aliphatic heterocycles. The number of nitrogens with one attached hydrogen (secondary N) is 2. The Morgan fingerprint density at radius 1 is 1.06 bits per heavy atom. The van der Waals surface area contributed by atoms with Gasteiger partial charge in [0.1, 0.15) is 30.0 Å². The molecule has 0 fully saturated rings. The number of hydrogen-bond acceptors (Lipinski definition) is 5. The topological polar surface area (TPSA) is 67.4 Å². The Hall–Kier alpha value is -2.20. The van der Waals surface area contributed by atoms with Crippen molar-refractivity contribution in [1.82, 2.24) is 15.5 Å². The summed E-state index contributed by atoms with van der Waals surface area (Å²) in [5.74, 6) is 3.14. The van der Waals surface area contributed by atoms with Gasteiger partial charge >= 0.3 is 0 Å². The van der Waals surface area contributed by atoms with Crippen molar-refractivity contribution in [2.24, 2.45) is 4.99 Å². The minimum absolute atomic E-state index is 0. The van der Waals surface area contributed by atoms with E-state index in [-0.39, 0.29) is 30.1 Å². The lowest BCUT2D eigenvalue weighted by molar-refractivity contribution is 0.223. The monoisotopic (exact) mass is 542 g/mol. The third-order valence-electron chi connectivity index (χ3n) is 4.37. The maximum Gasteiger partial charge on any atom is 0.191 e. The number of para-hydroxylation sites is 1. The van der Waals surface area contributed by atoms with Crippen molar-refractivity contribution in [3.05, 3.63) is 54.1 Å². The molecule has 1 atom stereocenters. The first-order chi connectivity index (χ1) is 14.5. The number of nitrogens with zero attached hydrogens (tertiary/aromatic N) is 2. The van der Waals surface area contributed by atoms with Crippen molar-refractivity contribution < 1.29 is 14.2 Å². The van der Waals surface area contributed by atoms with Gasteiger partial charge in [-0.05, 0) is 39.2 Å². The molecule has 0 bridgehead atoms. The number of hydrogen-bond donors (Lipinski definition) is 2. The predicted molar refractivity (Wildman–Crippen MR) is 137 cm³/mol. The van der Waals surface area contributed by atoms with E-state index in [1.807, 2.05) is 63.5 Å². The second-order valence-electron chi connectivity index (χ2n) is 7.17. The van der Waals surface area contributed by atoms with Crippen LogP contribution in [0.3, 0.4) is 0 Å². The summed E-state index contributed by atoms with van der Waals surface area (Å²) in [4.78, 5) is 6.39. The Balaban J connectivity index is 0.00000480. The molecule has 31 heavy (non-hydrogen) atoms. The number of aliphatic imine (C=N–C) groups is 1. The fourth-order valence-electron chi connectivity index (χ4n) is 2.72. The van der Waals surface area contributed by atoms with Crippen LogP contribution in [0.2, 0.25) is 0 Å². The van der Waals surface area contributed by atoms with E-state index < -0.39 is 0 Å². The van der Waals surface area contributed by atoms with Crippen LogP contribution in [0, 0.1) is 0 Å². The SMILES string of the molecule is CN=C(NCc1ccccc1OCCN(C)C)NCC(C)Oc1cccc(OC)c1.I. The maximum absolute atomic E-state index is 5.95. The van der Waals surface area contributed by atoms with Gasteiger partial charge in [-0.2, -0.15) is 0 Å². The highest BCUT2D eigenvalue weighted by molar-refractivity contribution is 14.0. The van der Waals surface area contributed by atoms with Crippen LogP contribution in [0.1, 0.15) is 12.5 Å². The predicted octanol–water partition coefficient (Wildman–Crippen LogP) is 3.39. The Morgan fingerprint density at radius 3 is 2.52 bits per heavy atom. The summed E-state index contributed by atoms with van der Waals surface area (Å²) in [5, 5.41) is 6.64. The molecule has 0 saturated heterocycles. The Morgan fingerprint density at radius 2 is 1.81 bits per heavy atom. The van der Waals surface area contributed by atoms with E-state index in [0.717, 1.165) is 29.4 Å². The van der Waals surface area contributed by atoms with Crippen LogP contribution in [0.5, 0.6) is 17.2 Å². The van der Waals surface area contributed by atoms with Crippen LogP contribution < -0.4 is 24.8 Å². The molecule has 2 rings (SSSR count). The van der Waals surface area contributed by atoms with Crippen LogP contribution in [0.25, 0.3) is 0 Å². The van der Waals surface area contributed by atoms with Gasteiger partial charge in [-0.15, -0.1) is 24.0 Å². The normalized spacial score (nSPS) is 12.0. The van der Waals surface area contributed by atoms with E-state index in [0.29, 0.717) is 25.7 Å². The first kappa shape index (κ1) is 26.8. The molecule has 0 aliphatic carbocycles. The summed E-state index contributed by atoms with van der Waals surface area (Å²) in [6.07, 6.45) is -0.0442. The summed E-state index contributed by atoms with van der Waals surface area (Å²) in [6, 6.07) is 15.6. The minimum atomic E-state index is -0.0442. The molecular formula is C23H35IN4O3. The van der Waals surface area contributed by atoms with Gasteiger partial charge in [0, 0.05) is 31.8 Å². The highest BCUT2D eigenvalue weighted by Gasteiger charge is 2.08. The molecule has 7 nitrogen and oxygen atoms in total. The first-order valence-corrected chi connectivity index (χ1v) is 10.1. The smallest absolute Gasteiger partial charge is 0.191 e. The Labute approximate surface area is 203 Å². The van der Waals surface area contributed by atoms with E-state index in [1.165, 1.54) is 0 Å². The molecule has 2 N–H and O–H groups in total. The molecule has 8 heteroatoms. The Bertz CT molecular complexity index is 802. The molecule has 0 aliphatic rings. The molecular weight excluding hydrogens is 507 g/mol. The first-order valence-electron chi connectivity index (χ1n) is 10.1. The zero-order chi connectivity index (χ0) is 21.8. The lowest BCUT2D eigenvalue weighted by Gasteiger charge is -2.19. The Kier molecular flexibility index (Phi) is 12.8. The van der Waals surface area contributed by atoms with Gasteiger partial charge in [-0.3, -0.25) is 4.99 Å². The number of guanidine groups is 1. The van der Waals surface area contributed by atoms with Crippen LogP contribution in [-0.2, 0) is 6.54 Å². The fourth-order valence-corrected chi connectivity index (χ4v) is 2.72. The second-order valence-corrected chi connectivity index (χ2v) is 7.17. The third kappa shape index (κ3) is 10.1. The zero-order valence-electron chi connectivity index (χ0n) is 19.1. The van der Waals surface area contributed by atoms with Gasteiger partial charge < -0.3 is 29.7 Å². The summed E-state index contributed by atoms with van der Waals surface area (Å²) >= 11 is 0. The van der Waals surface area contributed by atoms with E-state index in [1.54, 1.807) is 14.2 Å². The molecule has 1 unspecified atom stereocenters. The number of halogens is 1. The molecule has 0 saturated carbocycles. The second kappa shape index (κ2) is 14.7. The van der Waals surface area contributed by atoms with Gasteiger partial charge in [-0.25, -0.2) is 0 Å². The molecule has 0 heterocycles. The number of rotatable bonds is 11. The average Bonchev–Trinajstić information content (AvgIpc) is 2.74. The van der Waals surface area contributed by atoms with E-state index in [9.17, 15) is 0 Å². The van der Waals surface area contributed by atoms with Crippen molar-refractivity contribution in [1.29, 1.82) is 0 Å². The molecule has 0 amide bonds. The van der Waals surface area contributed by atoms with Gasteiger partial charge in [0.2, 0.25) is 0 Å². The number of benzene rings is 2. The summed E-state index contributed by atoms with van der Waals surface area (Å²) in [5.41, 5.74) is 1.08. The largest absolute Gasteiger partial charge is 0.497 e. The molecule has 2 aromatic rings. The van der Waals surface area contributed by atoms with Crippen LogP contribution >= 0.6 is 24.0 Å². The van der Waals surface area contributed by atoms with Crippen LogP contribution in [0.15, 0.2) is 53.5 Å². The van der Waals surface area contributed by atoms with Crippen LogP contribution in [0.4, 0.5) is 0 Å². The number of likely N-dealkylation sites (N-methyl/N-ethyl adjacent to an activating group) is 1. The van der Waals surface area contributed by atoms with Crippen LogP contribution in [-0.4, -0.2) is 64.9 Å². The van der Waals surface area contributed by atoms with E-state index in [2.05, 4.69) is 26.6 Å². The van der Waals surface area contributed by atoms with Gasteiger partial charge in [0.15, 0.2) is 5.96 Å². The fraction of sp³-hybridized carbons (Fsp3) is 0.435. The van der Waals surface area contributed by atoms with E-state index in [4.69, 9.17) is 14.2 Å². The highest BCUT2D eigenvalue weighted by Crippen LogP contribution is 2.20. The molecule has 0 spiro atoms. The van der Waals surface area contributed by atoms with Gasteiger partial charge in [0.05, 0.1) is 13.7 Å². The van der Waals surface area contributed by atoms with Crippen molar-refractivity contribution in [3.63, 3.8) is 0 Å². The van der Waals surface area contributed by atoms with Crippen molar-refractivity contribution in [2.75, 3.05) is 47.9 Å². The number of ether oxygens (including phenoxy) is 3. The van der Waals surface area contributed by atoms with E-state index >= 15 is 0 Å². The molecule has 172 valence electrons. The summed E-state index contributed by atoms with van der Waals surface area (Å²) < 4.78 is 17.1. The standard InChI is InChI=1S/C23H34N4O3.HI/c1-18(30-21-11-8-10-20(15-21)28-5)16-25-23(24-2)26-17-19-9-6-7-12-22(19)29-14-13-27(3)4;/h6-12,15,18H,13-14,16-17H2,1-5H3,(H2,24,25,26);1H. The van der Waals surface area contributed by atoms with Gasteiger partial charge in [-0.1, -0.05) is 24.3 Å².